The van der Waals surface area contributed by atoms with Crippen LogP contribution in [0, 0.1) is 20.9 Å². The van der Waals surface area contributed by atoms with Gasteiger partial charge in [0.1, 0.15) is 0 Å². The number of amides is 1. The summed E-state index contributed by atoms with van der Waals surface area (Å²) in [6.45, 7) is 3.93. The summed E-state index contributed by atoms with van der Waals surface area (Å²) in [5.41, 5.74) is 2.85. The maximum atomic E-state index is 11.1. The van der Waals surface area contributed by atoms with Gasteiger partial charge in [-0.15, -0.1) is 0 Å². The maximum absolute atomic E-state index is 11.1. The first kappa shape index (κ1) is 8.78. The molecular formula is C10H12NO. The molecule has 0 aliphatic carbocycles. The Kier molecular flexibility index (Phi) is 2.48. The first-order valence-electron chi connectivity index (χ1n) is 3.79. The van der Waals surface area contributed by atoms with Gasteiger partial charge in [0.25, 0.3) is 5.91 Å². The average Bonchev–Trinajstić information content (AvgIpc) is 2.01. The van der Waals surface area contributed by atoms with Crippen LogP contribution in [0.3, 0.4) is 0 Å². The molecule has 1 aromatic carbocycles. The Morgan fingerprint density at radius 2 is 1.75 bits per heavy atom. The largest absolute Gasteiger partial charge is 0.350 e. The molecule has 12 heavy (non-hydrogen) atoms. The number of carbonyl (C=O) groups is 1. The molecule has 2 heteroatoms. The summed E-state index contributed by atoms with van der Waals surface area (Å²) in [4.78, 5) is 11.1. The Bertz CT molecular complexity index is 284. The van der Waals surface area contributed by atoms with Crippen LogP contribution in [0.25, 0.3) is 0 Å². The van der Waals surface area contributed by atoms with Crippen LogP contribution < -0.4 is 5.32 Å². The van der Waals surface area contributed by atoms with Gasteiger partial charge in [-0.3, -0.25) is 4.79 Å². The molecule has 0 aliphatic rings. The van der Waals surface area contributed by atoms with Crippen molar-refractivity contribution < 1.29 is 4.79 Å². The normalized spacial score (nSPS) is 9.58. The molecule has 1 N–H and O–H groups in total. The van der Waals surface area contributed by atoms with Gasteiger partial charge in [0.2, 0.25) is 0 Å². The number of hydrogen-bond donors (Lipinski definition) is 1. The Balaban J connectivity index is 3.08. The standard InChI is InChI=1S/C10H12NO/c1-7-4-8(2)6-9(5-7)10(12)11-3/h4-6H,3H2,1-2H3,(H,11,12). The Morgan fingerprint density at radius 1 is 1.25 bits per heavy atom. The predicted molar refractivity (Wildman–Crippen MR) is 48.7 cm³/mol. The predicted octanol–water partition coefficient (Wildman–Crippen LogP) is 1.82. The van der Waals surface area contributed by atoms with Crippen molar-refractivity contribution in [3.8, 4) is 0 Å². The highest BCUT2D eigenvalue weighted by Crippen LogP contribution is 2.08. The zero-order valence-corrected chi connectivity index (χ0v) is 7.35. The monoisotopic (exact) mass is 162 g/mol. The molecule has 2 nitrogen and oxygen atoms in total. The Morgan fingerprint density at radius 3 is 2.17 bits per heavy atom. The smallest absolute Gasteiger partial charge is 0.251 e. The van der Waals surface area contributed by atoms with E-state index in [-0.39, 0.29) is 5.91 Å². The van der Waals surface area contributed by atoms with Gasteiger partial charge in [0.05, 0.1) is 0 Å². The molecule has 0 fully saturated rings. The molecule has 0 bridgehead atoms. The van der Waals surface area contributed by atoms with Gasteiger partial charge in [-0.1, -0.05) is 17.2 Å². The molecular weight excluding hydrogens is 150 g/mol. The minimum absolute atomic E-state index is 0.137. The third kappa shape index (κ3) is 1.84. The van der Waals surface area contributed by atoms with Crippen LogP contribution in [0.4, 0.5) is 0 Å². The number of benzene rings is 1. The molecule has 0 unspecified atom stereocenters. The molecule has 0 aliphatic heterocycles. The van der Waals surface area contributed by atoms with E-state index in [4.69, 9.17) is 0 Å². The number of hydrogen-bond acceptors (Lipinski definition) is 1. The Labute approximate surface area is 72.6 Å². The topological polar surface area (TPSA) is 29.1 Å². The van der Waals surface area contributed by atoms with E-state index in [0.29, 0.717) is 5.56 Å². The third-order valence-corrected chi connectivity index (χ3v) is 1.64. The molecule has 0 spiro atoms. The van der Waals surface area contributed by atoms with Crippen molar-refractivity contribution in [3.05, 3.63) is 41.9 Å². The number of nitrogens with one attached hydrogen (secondary N) is 1. The van der Waals surface area contributed by atoms with Crippen LogP contribution >= 0.6 is 0 Å². The summed E-state index contributed by atoms with van der Waals surface area (Å²) in [6.07, 6.45) is 0. The summed E-state index contributed by atoms with van der Waals surface area (Å²) in [7, 11) is 3.32. The maximum Gasteiger partial charge on any atom is 0.251 e. The SMILES string of the molecule is [CH2]NC(=O)c1cc(C)cc(C)c1. The van der Waals surface area contributed by atoms with Crippen LogP contribution in [0.2, 0.25) is 0 Å². The van der Waals surface area contributed by atoms with Gasteiger partial charge in [0, 0.05) is 12.6 Å². The lowest BCUT2D eigenvalue weighted by molar-refractivity contribution is 0.0969. The van der Waals surface area contributed by atoms with E-state index in [9.17, 15) is 4.79 Å². The van der Waals surface area contributed by atoms with E-state index in [1.165, 1.54) is 0 Å². The van der Waals surface area contributed by atoms with Crippen molar-refractivity contribution in [1.29, 1.82) is 0 Å². The van der Waals surface area contributed by atoms with Crippen LogP contribution in [0.1, 0.15) is 21.5 Å². The first-order chi connectivity index (χ1) is 5.63. The van der Waals surface area contributed by atoms with Crippen LogP contribution in [-0.2, 0) is 0 Å². The van der Waals surface area contributed by atoms with E-state index in [1.807, 2.05) is 32.0 Å². The highest BCUT2D eigenvalue weighted by atomic mass is 16.1. The fourth-order valence-corrected chi connectivity index (χ4v) is 1.21. The van der Waals surface area contributed by atoms with Gasteiger partial charge in [-0.05, 0) is 26.0 Å². The lowest BCUT2D eigenvalue weighted by Gasteiger charge is -2.02. The van der Waals surface area contributed by atoms with Crippen molar-refractivity contribution in [2.45, 2.75) is 13.8 Å². The van der Waals surface area contributed by atoms with Crippen LogP contribution in [0.15, 0.2) is 18.2 Å². The molecule has 0 atom stereocenters. The molecule has 1 amide bonds. The second kappa shape index (κ2) is 3.39. The van der Waals surface area contributed by atoms with Crippen LogP contribution in [0.5, 0.6) is 0 Å². The minimum atomic E-state index is -0.137. The molecule has 0 saturated carbocycles. The van der Waals surface area contributed by atoms with Crippen molar-refractivity contribution in [2.75, 3.05) is 0 Å². The summed E-state index contributed by atoms with van der Waals surface area (Å²) in [6, 6.07) is 5.71. The Hall–Kier alpha value is -1.31. The second-order valence-corrected chi connectivity index (χ2v) is 2.88. The lowest BCUT2D eigenvalue weighted by Crippen LogP contribution is -2.15. The van der Waals surface area contributed by atoms with Crippen molar-refractivity contribution >= 4 is 5.91 Å². The molecule has 0 saturated heterocycles. The van der Waals surface area contributed by atoms with Crippen molar-refractivity contribution in [1.82, 2.24) is 5.32 Å². The molecule has 1 radical (unpaired) electrons. The van der Waals surface area contributed by atoms with Gasteiger partial charge in [-0.2, -0.15) is 0 Å². The zero-order valence-electron chi connectivity index (χ0n) is 7.35. The van der Waals surface area contributed by atoms with Gasteiger partial charge in [0.15, 0.2) is 0 Å². The number of aryl methyl sites for hydroxylation is 2. The molecule has 1 rings (SSSR count). The molecule has 63 valence electrons. The first-order valence-corrected chi connectivity index (χ1v) is 3.79. The van der Waals surface area contributed by atoms with Crippen molar-refractivity contribution in [3.63, 3.8) is 0 Å². The fourth-order valence-electron chi connectivity index (χ4n) is 1.21. The highest BCUT2D eigenvalue weighted by Gasteiger charge is 2.02. The van der Waals surface area contributed by atoms with Gasteiger partial charge >= 0.3 is 0 Å². The van der Waals surface area contributed by atoms with Gasteiger partial charge < -0.3 is 5.32 Å². The lowest BCUT2D eigenvalue weighted by atomic mass is 10.1. The minimum Gasteiger partial charge on any atom is -0.350 e. The average molecular weight is 162 g/mol. The summed E-state index contributed by atoms with van der Waals surface area (Å²) < 4.78 is 0. The van der Waals surface area contributed by atoms with Crippen LogP contribution in [-0.4, -0.2) is 5.91 Å². The molecule has 0 heterocycles. The summed E-state index contributed by atoms with van der Waals surface area (Å²) in [5, 5.41) is 2.35. The van der Waals surface area contributed by atoms with Crippen molar-refractivity contribution in [2.24, 2.45) is 0 Å². The number of carbonyl (C=O) groups excluding carboxylic acids is 1. The quantitative estimate of drug-likeness (QED) is 0.670. The fraction of sp³-hybridized carbons (Fsp3) is 0.200. The van der Waals surface area contributed by atoms with E-state index >= 15 is 0 Å². The second-order valence-electron chi connectivity index (χ2n) is 2.88. The van der Waals surface area contributed by atoms with E-state index in [1.54, 1.807) is 0 Å². The highest BCUT2D eigenvalue weighted by molar-refractivity contribution is 5.94. The molecule has 0 aromatic heterocycles. The van der Waals surface area contributed by atoms with Gasteiger partial charge in [-0.25, -0.2) is 0 Å². The third-order valence-electron chi connectivity index (χ3n) is 1.64. The zero-order chi connectivity index (χ0) is 9.14. The van der Waals surface area contributed by atoms with E-state index in [2.05, 4.69) is 12.4 Å². The summed E-state index contributed by atoms with van der Waals surface area (Å²) in [5.74, 6) is -0.137. The summed E-state index contributed by atoms with van der Waals surface area (Å²) >= 11 is 0. The molecule has 1 aromatic rings. The van der Waals surface area contributed by atoms with E-state index in [0.717, 1.165) is 11.1 Å². The number of rotatable bonds is 1. The van der Waals surface area contributed by atoms with E-state index < -0.39 is 0 Å².